The van der Waals surface area contributed by atoms with Crippen LogP contribution in [-0.4, -0.2) is 68.2 Å². The predicted molar refractivity (Wildman–Crippen MR) is 93.9 cm³/mol. The van der Waals surface area contributed by atoms with Gasteiger partial charge in [0.1, 0.15) is 13.2 Å². The van der Waals surface area contributed by atoms with Gasteiger partial charge in [0.15, 0.2) is 23.4 Å². The van der Waals surface area contributed by atoms with Crippen LogP contribution in [0, 0.1) is 0 Å². The maximum atomic E-state index is 12.3. The van der Waals surface area contributed by atoms with Crippen molar-refractivity contribution in [1.82, 2.24) is 4.90 Å². The molecule has 1 aromatic rings. The second-order valence-corrected chi connectivity index (χ2v) is 6.35. The lowest BCUT2D eigenvalue weighted by Crippen LogP contribution is -2.46. The van der Waals surface area contributed by atoms with E-state index >= 15 is 0 Å². The molecule has 27 heavy (non-hydrogen) atoms. The summed E-state index contributed by atoms with van der Waals surface area (Å²) < 4.78 is 21.2. The zero-order valence-electron chi connectivity index (χ0n) is 15.3. The van der Waals surface area contributed by atoms with E-state index in [0.717, 1.165) is 0 Å². The Morgan fingerprint density at radius 2 is 1.74 bits per heavy atom. The van der Waals surface area contributed by atoms with E-state index < -0.39 is 12.1 Å². The molecule has 0 aromatic heterocycles. The fraction of sp³-hybridized carbons (Fsp3) is 0.526. The maximum absolute atomic E-state index is 12.3. The summed E-state index contributed by atoms with van der Waals surface area (Å²) in [6, 6.07) is 4.95. The Bertz CT molecular complexity index is 712. The Balaban J connectivity index is 1.47. The summed E-state index contributed by atoms with van der Waals surface area (Å²) in [5, 5.41) is 0. The Morgan fingerprint density at radius 1 is 1.04 bits per heavy atom. The molecule has 2 aliphatic rings. The Kier molecular flexibility index (Phi) is 6.28. The van der Waals surface area contributed by atoms with Gasteiger partial charge in [0.2, 0.25) is 0 Å². The molecule has 1 amide bonds. The van der Waals surface area contributed by atoms with E-state index in [1.807, 2.05) is 0 Å². The van der Waals surface area contributed by atoms with Crippen molar-refractivity contribution in [1.29, 1.82) is 0 Å². The molecule has 0 aliphatic carbocycles. The van der Waals surface area contributed by atoms with Crippen molar-refractivity contribution in [2.45, 2.75) is 25.9 Å². The molecule has 1 unspecified atom stereocenters. The molecule has 1 fully saturated rings. The Morgan fingerprint density at radius 3 is 2.48 bits per heavy atom. The summed E-state index contributed by atoms with van der Waals surface area (Å²) in [4.78, 5) is 38.1. The number of ketones is 1. The minimum atomic E-state index is -0.875. The molecule has 0 spiro atoms. The number of Topliss-reactive ketones (excluding diaryl/α,β-unsaturated/α-hetero) is 1. The zero-order chi connectivity index (χ0) is 19.2. The van der Waals surface area contributed by atoms with Crippen LogP contribution >= 0.6 is 0 Å². The number of morpholine rings is 1. The monoisotopic (exact) mass is 377 g/mol. The number of benzene rings is 1. The minimum absolute atomic E-state index is 0.00303. The molecular formula is C19H23NO7. The maximum Gasteiger partial charge on any atom is 0.307 e. The van der Waals surface area contributed by atoms with Gasteiger partial charge in [0, 0.05) is 25.1 Å². The number of hydrogen-bond acceptors (Lipinski definition) is 7. The lowest BCUT2D eigenvalue weighted by Gasteiger charge is -2.28. The average molecular weight is 377 g/mol. The number of esters is 1. The quantitative estimate of drug-likeness (QED) is 0.544. The summed E-state index contributed by atoms with van der Waals surface area (Å²) >= 11 is 0. The van der Waals surface area contributed by atoms with E-state index in [9.17, 15) is 14.4 Å². The molecule has 0 bridgehead atoms. The Labute approximate surface area is 157 Å². The standard InChI is InChI=1S/C19H23NO7/c1-13(19(23)20-6-8-24-9-7-20)27-18(22)5-3-15(21)14-2-4-16-17(12-14)26-11-10-25-16/h2,4,12-13H,3,5-11H2,1H3. The number of carbonyl (C=O) groups is 3. The van der Waals surface area contributed by atoms with Gasteiger partial charge in [0.25, 0.3) is 5.91 Å². The van der Waals surface area contributed by atoms with E-state index in [4.69, 9.17) is 18.9 Å². The van der Waals surface area contributed by atoms with Crippen molar-refractivity contribution >= 4 is 17.7 Å². The van der Waals surface area contributed by atoms with Gasteiger partial charge in [-0.25, -0.2) is 0 Å². The second-order valence-electron chi connectivity index (χ2n) is 6.35. The molecule has 2 heterocycles. The van der Waals surface area contributed by atoms with Gasteiger partial charge in [-0.15, -0.1) is 0 Å². The number of carbonyl (C=O) groups excluding carboxylic acids is 3. The average Bonchev–Trinajstić information content (AvgIpc) is 2.71. The van der Waals surface area contributed by atoms with E-state index in [0.29, 0.717) is 56.6 Å². The second kappa shape index (κ2) is 8.85. The van der Waals surface area contributed by atoms with Crippen LogP contribution in [0.15, 0.2) is 18.2 Å². The van der Waals surface area contributed by atoms with Gasteiger partial charge >= 0.3 is 5.97 Å². The summed E-state index contributed by atoms with van der Waals surface area (Å²) in [5.74, 6) is 0.114. The topological polar surface area (TPSA) is 91.4 Å². The molecule has 0 N–H and O–H groups in total. The lowest BCUT2D eigenvalue weighted by molar-refractivity contribution is -0.160. The van der Waals surface area contributed by atoms with Crippen LogP contribution in [0.25, 0.3) is 0 Å². The van der Waals surface area contributed by atoms with Gasteiger partial charge in [-0.2, -0.15) is 0 Å². The molecule has 1 atom stereocenters. The number of fused-ring (bicyclic) bond motifs is 1. The first-order valence-electron chi connectivity index (χ1n) is 9.03. The largest absolute Gasteiger partial charge is 0.486 e. The van der Waals surface area contributed by atoms with E-state index in [-0.39, 0.29) is 24.5 Å². The number of hydrogen-bond donors (Lipinski definition) is 0. The molecule has 3 rings (SSSR count). The van der Waals surface area contributed by atoms with Crippen molar-refractivity contribution in [3.63, 3.8) is 0 Å². The normalized spacial score (nSPS) is 17.1. The van der Waals surface area contributed by atoms with Gasteiger partial charge in [-0.3, -0.25) is 14.4 Å². The van der Waals surface area contributed by atoms with Crippen molar-refractivity contribution in [3.8, 4) is 11.5 Å². The fourth-order valence-corrected chi connectivity index (χ4v) is 2.92. The molecule has 8 heteroatoms. The number of nitrogens with zero attached hydrogens (tertiary/aromatic N) is 1. The molecule has 0 radical (unpaired) electrons. The minimum Gasteiger partial charge on any atom is -0.486 e. The first-order valence-corrected chi connectivity index (χ1v) is 9.03. The van der Waals surface area contributed by atoms with Crippen molar-refractivity contribution in [2.24, 2.45) is 0 Å². The molecular weight excluding hydrogens is 354 g/mol. The van der Waals surface area contributed by atoms with Crippen molar-refractivity contribution in [3.05, 3.63) is 23.8 Å². The summed E-state index contributed by atoms with van der Waals surface area (Å²) in [7, 11) is 0. The summed E-state index contributed by atoms with van der Waals surface area (Å²) in [6.07, 6.45) is -0.967. The summed E-state index contributed by atoms with van der Waals surface area (Å²) in [6.45, 7) is 4.40. The Hall–Kier alpha value is -2.61. The molecule has 1 aromatic carbocycles. The van der Waals surface area contributed by atoms with Crippen LogP contribution in [0.2, 0.25) is 0 Å². The smallest absolute Gasteiger partial charge is 0.307 e. The van der Waals surface area contributed by atoms with Gasteiger partial charge in [-0.1, -0.05) is 0 Å². The van der Waals surface area contributed by atoms with E-state index in [2.05, 4.69) is 0 Å². The highest BCUT2D eigenvalue weighted by Gasteiger charge is 2.25. The molecule has 8 nitrogen and oxygen atoms in total. The highest BCUT2D eigenvalue weighted by atomic mass is 16.6. The predicted octanol–water partition coefficient (Wildman–Crippen LogP) is 1.21. The van der Waals surface area contributed by atoms with Gasteiger partial charge in [-0.05, 0) is 25.1 Å². The molecule has 0 saturated carbocycles. The van der Waals surface area contributed by atoms with Gasteiger partial charge in [0.05, 0.1) is 19.6 Å². The van der Waals surface area contributed by atoms with Crippen LogP contribution in [0.4, 0.5) is 0 Å². The molecule has 146 valence electrons. The van der Waals surface area contributed by atoms with E-state index in [1.54, 1.807) is 30.0 Å². The highest BCUT2D eigenvalue weighted by molar-refractivity contribution is 5.98. The third-order valence-corrected chi connectivity index (χ3v) is 4.40. The third kappa shape index (κ3) is 4.97. The first-order chi connectivity index (χ1) is 13.0. The summed E-state index contributed by atoms with van der Waals surface area (Å²) in [5.41, 5.74) is 0.449. The van der Waals surface area contributed by atoms with E-state index in [1.165, 1.54) is 0 Å². The van der Waals surface area contributed by atoms with Crippen molar-refractivity contribution < 1.29 is 33.3 Å². The molecule has 2 aliphatic heterocycles. The highest BCUT2D eigenvalue weighted by Crippen LogP contribution is 2.31. The van der Waals surface area contributed by atoms with Crippen molar-refractivity contribution in [2.75, 3.05) is 39.5 Å². The first kappa shape index (κ1) is 19.2. The number of ether oxygens (including phenoxy) is 4. The third-order valence-electron chi connectivity index (χ3n) is 4.40. The SMILES string of the molecule is CC(OC(=O)CCC(=O)c1ccc2c(c1)OCCO2)C(=O)N1CCOCC1. The van der Waals surface area contributed by atoms with Crippen LogP contribution in [0.3, 0.4) is 0 Å². The lowest BCUT2D eigenvalue weighted by atomic mass is 10.1. The fourth-order valence-electron chi connectivity index (χ4n) is 2.92. The zero-order valence-corrected chi connectivity index (χ0v) is 15.3. The van der Waals surface area contributed by atoms with Crippen LogP contribution in [-0.2, 0) is 19.1 Å². The van der Waals surface area contributed by atoms with Crippen LogP contribution in [0.5, 0.6) is 11.5 Å². The van der Waals surface area contributed by atoms with Crippen LogP contribution in [0.1, 0.15) is 30.1 Å². The van der Waals surface area contributed by atoms with Crippen LogP contribution < -0.4 is 9.47 Å². The number of rotatable bonds is 6. The molecule has 1 saturated heterocycles. The van der Waals surface area contributed by atoms with Gasteiger partial charge < -0.3 is 23.8 Å². The number of amides is 1.